The van der Waals surface area contributed by atoms with E-state index >= 15 is 0 Å². The van der Waals surface area contributed by atoms with E-state index in [1.807, 2.05) is 19.9 Å². The smallest absolute Gasteiger partial charge is 0.258 e. The number of rotatable bonds is 7. The lowest BCUT2D eigenvalue weighted by atomic mass is 9.84. The molecule has 4 heterocycles. The highest BCUT2D eigenvalue weighted by molar-refractivity contribution is 7.89. The van der Waals surface area contributed by atoms with Gasteiger partial charge in [0.05, 0.1) is 35.3 Å². The SMILES string of the molecule is CC1(C)CN(S(=O)(=O)c2cc(F)cc(F)c2)Cc2c(NC(=O)c3ccc(N4CCOCC4)cc3NC(=O)C3CCCNC3)n[nH]c21. The fraction of sp³-hybridized carbons (Fsp3) is 0.452. The Balaban J connectivity index is 1.29. The van der Waals surface area contributed by atoms with Gasteiger partial charge in [0, 0.05) is 61.1 Å². The van der Waals surface area contributed by atoms with Crippen LogP contribution >= 0.6 is 0 Å². The maximum atomic E-state index is 14.0. The number of H-pyrrole nitrogens is 1. The summed E-state index contributed by atoms with van der Waals surface area (Å²) in [7, 11) is -4.31. The maximum absolute atomic E-state index is 14.0. The number of carbonyl (C=O) groups excluding carboxylic acids is 2. The molecule has 15 heteroatoms. The van der Waals surface area contributed by atoms with Gasteiger partial charge in [0.25, 0.3) is 5.91 Å². The molecule has 3 aliphatic rings. The number of aromatic nitrogens is 2. The van der Waals surface area contributed by atoms with Crippen molar-refractivity contribution < 1.29 is 31.5 Å². The molecule has 2 amide bonds. The highest BCUT2D eigenvalue weighted by Gasteiger charge is 2.41. The van der Waals surface area contributed by atoms with Crippen LogP contribution in [-0.2, 0) is 31.5 Å². The molecule has 1 atom stereocenters. The Morgan fingerprint density at radius 3 is 2.50 bits per heavy atom. The summed E-state index contributed by atoms with van der Waals surface area (Å²) in [5.41, 5.74) is 1.66. The van der Waals surface area contributed by atoms with Gasteiger partial charge in [0.2, 0.25) is 15.9 Å². The van der Waals surface area contributed by atoms with Crippen molar-refractivity contribution in [3.63, 3.8) is 0 Å². The lowest BCUT2D eigenvalue weighted by Crippen LogP contribution is -2.45. The molecule has 3 aliphatic heterocycles. The van der Waals surface area contributed by atoms with Gasteiger partial charge in [-0.05, 0) is 49.7 Å². The Labute approximate surface area is 265 Å². The summed E-state index contributed by atoms with van der Waals surface area (Å²) < 4.78 is 61.6. The fourth-order valence-corrected chi connectivity index (χ4v) is 7.88. The number of nitrogens with zero attached hydrogens (tertiary/aromatic N) is 3. The van der Waals surface area contributed by atoms with Gasteiger partial charge in [-0.15, -0.1) is 0 Å². The average molecular weight is 658 g/mol. The zero-order valence-electron chi connectivity index (χ0n) is 25.7. The molecule has 0 saturated carbocycles. The maximum Gasteiger partial charge on any atom is 0.258 e. The van der Waals surface area contributed by atoms with Crippen molar-refractivity contribution in [1.82, 2.24) is 19.8 Å². The molecule has 3 aromatic rings. The minimum Gasteiger partial charge on any atom is -0.378 e. The first-order valence-corrected chi connectivity index (χ1v) is 16.7. The lowest BCUT2D eigenvalue weighted by molar-refractivity contribution is -0.120. The Morgan fingerprint density at radius 1 is 1.07 bits per heavy atom. The van der Waals surface area contributed by atoms with E-state index in [2.05, 4.69) is 31.0 Å². The fourth-order valence-electron chi connectivity index (χ4n) is 6.27. The van der Waals surface area contributed by atoms with E-state index in [9.17, 15) is 26.8 Å². The second kappa shape index (κ2) is 12.7. The normalized spacial score (nSPS) is 20.2. The minimum absolute atomic E-state index is 0.00521. The first-order chi connectivity index (χ1) is 21.9. The number of benzene rings is 2. The van der Waals surface area contributed by atoms with E-state index in [1.165, 1.54) is 0 Å². The summed E-state index contributed by atoms with van der Waals surface area (Å²) in [6.07, 6.45) is 1.61. The van der Waals surface area contributed by atoms with Crippen molar-refractivity contribution in [2.75, 3.05) is 61.5 Å². The number of halogens is 2. The first kappa shape index (κ1) is 32.0. The third-order valence-electron chi connectivity index (χ3n) is 8.71. The summed E-state index contributed by atoms with van der Waals surface area (Å²) in [5, 5.41) is 16.3. The summed E-state index contributed by atoms with van der Waals surface area (Å²) >= 11 is 0. The summed E-state index contributed by atoms with van der Waals surface area (Å²) in [5.74, 6) is -2.87. The highest BCUT2D eigenvalue weighted by Crippen LogP contribution is 2.38. The number of ether oxygens (including phenoxy) is 1. The van der Waals surface area contributed by atoms with E-state index in [4.69, 9.17) is 4.74 Å². The molecule has 1 aromatic heterocycles. The van der Waals surface area contributed by atoms with Crippen LogP contribution in [0.5, 0.6) is 0 Å². The Hall–Kier alpha value is -3.92. The Bertz CT molecular complexity index is 1730. The Kier molecular flexibility index (Phi) is 8.85. The predicted octanol–water partition coefficient (Wildman–Crippen LogP) is 3.20. The van der Waals surface area contributed by atoms with Crippen LogP contribution in [0, 0.1) is 17.6 Å². The number of sulfonamides is 1. The van der Waals surface area contributed by atoms with Gasteiger partial charge in [-0.25, -0.2) is 17.2 Å². The van der Waals surface area contributed by atoms with Crippen LogP contribution in [0.3, 0.4) is 0 Å². The van der Waals surface area contributed by atoms with E-state index < -0.39 is 37.9 Å². The molecule has 6 rings (SSSR count). The van der Waals surface area contributed by atoms with E-state index in [0.717, 1.165) is 41.5 Å². The zero-order valence-corrected chi connectivity index (χ0v) is 26.5. The number of morpholine rings is 1. The highest BCUT2D eigenvalue weighted by atomic mass is 32.2. The molecular weight excluding hydrogens is 620 g/mol. The number of carbonyl (C=O) groups is 2. The zero-order chi connectivity index (χ0) is 32.6. The number of piperidine rings is 1. The van der Waals surface area contributed by atoms with Crippen LogP contribution in [0.1, 0.15) is 48.3 Å². The number of hydrogen-bond acceptors (Lipinski definition) is 8. The average Bonchev–Trinajstić information content (AvgIpc) is 3.44. The van der Waals surface area contributed by atoms with Crippen LogP contribution in [0.4, 0.5) is 26.0 Å². The van der Waals surface area contributed by atoms with Crippen molar-refractivity contribution in [2.24, 2.45) is 5.92 Å². The third kappa shape index (κ3) is 6.49. The van der Waals surface area contributed by atoms with E-state index in [1.54, 1.807) is 12.1 Å². The number of fused-ring (bicyclic) bond motifs is 1. The summed E-state index contributed by atoms with van der Waals surface area (Å²) in [4.78, 5) is 28.7. The molecule has 0 radical (unpaired) electrons. The number of anilines is 3. The lowest BCUT2D eigenvalue weighted by Gasteiger charge is -2.36. The number of amides is 2. The van der Waals surface area contributed by atoms with Crippen molar-refractivity contribution in [1.29, 1.82) is 0 Å². The van der Waals surface area contributed by atoms with Crippen LogP contribution in [0.25, 0.3) is 0 Å². The largest absolute Gasteiger partial charge is 0.378 e. The van der Waals surface area contributed by atoms with Gasteiger partial charge in [0.15, 0.2) is 5.82 Å². The topological polar surface area (TPSA) is 149 Å². The number of aromatic amines is 1. The van der Waals surface area contributed by atoms with Crippen LogP contribution < -0.4 is 20.9 Å². The van der Waals surface area contributed by atoms with Crippen LogP contribution in [-0.4, -0.2) is 80.7 Å². The Morgan fingerprint density at radius 2 is 1.80 bits per heavy atom. The number of hydrogen-bond donors (Lipinski definition) is 4. The predicted molar refractivity (Wildman–Crippen MR) is 167 cm³/mol. The molecule has 0 bridgehead atoms. The molecule has 12 nitrogen and oxygen atoms in total. The second-order valence-corrected chi connectivity index (χ2v) is 14.4. The molecule has 4 N–H and O–H groups in total. The van der Waals surface area contributed by atoms with E-state index in [0.29, 0.717) is 55.9 Å². The van der Waals surface area contributed by atoms with Crippen molar-refractivity contribution in [2.45, 2.75) is 43.5 Å². The molecule has 2 aromatic carbocycles. The van der Waals surface area contributed by atoms with Crippen molar-refractivity contribution in [3.05, 3.63) is 64.9 Å². The van der Waals surface area contributed by atoms with E-state index in [-0.39, 0.29) is 36.3 Å². The van der Waals surface area contributed by atoms with Crippen molar-refractivity contribution in [3.8, 4) is 0 Å². The molecule has 2 saturated heterocycles. The molecule has 46 heavy (non-hydrogen) atoms. The van der Waals surface area contributed by atoms with Gasteiger partial charge < -0.3 is 25.6 Å². The summed E-state index contributed by atoms with van der Waals surface area (Å²) in [6.45, 7) is 7.30. The van der Waals surface area contributed by atoms with Gasteiger partial charge >= 0.3 is 0 Å². The molecule has 0 spiro atoms. The second-order valence-electron chi connectivity index (χ2n) is 12.5. The monoisotopic (exact) mass is 657 g/mol. The van der Waals surface area contributed by atoms with Gasteiger partial charge in [-0.1, -0.05) is 13.8 Å². The molecule has 246 valence electrons. The van der Waals surface area contributed by atoms with Gasteiger partial charge in [0.1, 0.15) is 11.6 Å². The molecule has 0 aliphatic carbocycles. The molecule has 2 fully saturated rings. The van der Waals surface area contributed by atoms with Crippen LogP contribution in [0.2, 0.25) is 0 Å². The van der Waals surface area contributed by atoms with Crippen molar-refractivity contribution >= 4 is 39.0 Å². The first-order valence-electron chi connectivity index (χ1n) is 15.3. The quantitative estimate of drug-likeness (QED) is 0.303. The minimum atomic E-state index is -4.31. The standard InChI is InChI=1S/C31H37F2N7O5S/c1-31(2)18-40(46(43,44)23-13-20(32)12-21(33)14-23)17-25-27(31)37-38-28(25)36-30(42)24-6-5-22(39-8-10-45-11-9-39)15-26(24)35-29(41)19-4-3-7-34-16-19/h5-6,12-15,19,34H,3-4,7-11,16-18H2,1-2H3,(H,35,41)(H2,36,37,38,42). The molecule has 1 unspecified atom stereocenters. The summed E-state index contributed by atoms with van der Waals surface area (Å²) in [6, 6.07) is 7.40. The molecular formula is C31H37F2N7O5S. The van der Waals surface area contributed by atoms with Crippen LogP contribution in [0.15, 0.2) is 41.3 Å². The third-order valence-corrected chi connectivity index (χ3v) is 10.5. The number of nitrogens with one attached hydrogen (secondary N) is 4. The van der Waals surface area contributed by atoms with Gasteiger partial charge in [-0.3, -0.25) is 14.7 Å². The van der Waals surface area contributed by atoms with Gasteiger partial charge in [-0.2, -0.15) is 9.40 Å².